The summed E-state index contributed by atoms with van der Waals surface area (Å²) in [4.78, 5) is 36.4. The quantitative estimate of drug-likeness (QED) is 0.0205. The maximum Gasteiger partial charge on any atom is 0.338 e. The monoisotopic (exact) mass is 2310 g/mol. The highest BCUT2D eigenvalue weighted by atomic mass is 35.5. The first-order valence-corrected chi connectivity index (χ1v) is 56.2. The van der Waals surface area contributed by atoms with Gasteiger partial charge in [-0.25, -0.2) is 60.9 Å². The fourth-order valence-electron chi connectivity index (χ4n) is 15.0. The van der Waals surface area contributed by atoms with E-state index < -0.39 is 130 Å². The number of halogens is 6. The molecular formula is C106H116Cl5FN6O22S9. The van der Waals surface area contributed by atoms with E-state index in [0.29, 0.717) is 93.4 Å². The molecule has 2 aromatic heterocycles. The number of carbonyl (C=O) groups excluding carboxylic acids is 3. The molecule has 13 rings (SSSR count). The number of sulfonamides is 5. The van der Waals surface area contributed by atoms with Crippen LogP contribution in [0.25, 0.3) is 0 Å². The minimum atomic E-state index is -4.00. The first-order chi connectivity index (χ1) is 69.9. The lowest BCUT2D eigenvalue weighted by atomic mass is 10.0. The summed E-state index contributed by atoms with van der Waals surface area (Å²) in [5, 5.41) is 48.4. The standard InChI is InChI=1S/C25H26ClNO5S.C24H24ClNO4S.C23H20ClFN2O2S.C19H24ClNO6S2.C15H18ClNO5S2.2H2S/c1-4-23(18-8-6-5-7-9-18)27(33(29,30)22-14-12-21(26)13-15-22)17-20-11-10-19(25(28)32-3)16-24(20)31-2;1-3-23(19-9-5-4-6-10-19)26(31(28,29)22-14-12-21(25)13-15-22)17-18-8-7-11-20(16-18)24(27)30-2;1-2-23(18-6-4-3-5-7-18)27(16-19-9-8-17(15-26)14-22(19)25)30(28,29)21-12-10-20(24)11-13-21;1-19(2,3)27-18(24)14-6-4-13(5-7-14)10-21(15(11-22)12-23)29(25,26)17-9-8-16(20)28-17;1-22-13-4-2-11(3-5-13)8-17(12(9-18)10-19)24(20,21)15-7-6-14(16)23-15;;/h5-16,23H,4,17H2,1-3H3;4-16,23H,3,17H2,1-2H3;3-14,23H,2,16H2,1H3;4-9,15,22-23H,10-12H2,1-3H3;2-7,12,18-19H,8-10H2,1H3;2*1H2/t2*23-;;;;;/m00...../s1. The van der Waals surface area contributed by atoms with Crippen LogP contribution in [0.15, 0.2) is 320 Å². The Kier molecular flexibility index (Phi) is 49.9. The van der Waals surface area contributed by atoms with Gasteiger partial charge in [-0.3, -0.25) is 0 Å². The number of aliphatic hydroxyl groups is 4. The molecule has 2 heterocycles. The lowest BCUT2D eigenvalue weighted by Crippen LogP contribution is -2.43. The molecule has 3 atom stereocenters. The van der Waals surface area contributed by atoms with E-state index in [0.717, 1.165) is 54.0 Å². The molecule has 0 aliphatic rings. The zero-order valence-electron chi connectivity index (χ0n) is 82.6. The lowest BCUT2D eigenvalue weighted by molar-refractivity contribution is 0.00686. The molecule has 149 heavy (non-hydrogen) atoms. The average molecular weight is 2310 g/mol. The highest BCUT2D eigenvalue weighted by molar-refractivity contribution is 7.92. The number of esters is 3. The highest BCUT2D eigenvalue weighted by Gasteiger charge is 2.39. The Morgan fingerprint density at radius 1 is 0.376 bits per heavy atom. The van der Waals surface area contributed by atoms with Crippen molar-refractivity contribution >= 4 is 176 Å². The fourth-order valence-corrected chi connectivity index (χ4v) is 26.8. The number of nitrogens with zero attached hydrogens (tertiary/aromatic N) is 6. The maximum absolute atomic E-state index is 14.6. The van der Waals surface area contributed by atoms with Crippen LogP contribution in [0.4, 0.5) is 4.39 Å². The number of rotatable bonds is 40. The second kappa shape index (κ2) is 59.1. The third kappa shape index (κ3) is 34.6. The molecule has 0 bridgehead atoms. The molecule has 0 aliphatic carbocycles. The molecule has 0 aliphatic heterocycles. The van der Waals surface area contributed by atoms with Crippen LogP contribution in [0, 0.1) is 17.1 Å². The van der Waals surface area contributed by atoms with E-state index in [4.69, 9.17) is 87.0 Å². The predicted molar refractivity (Wildman–Crippen MR) is 590 cm³/mol. The number of ether oxygens (including phenoxy) is 5. The van der Waals surface area contributed by atoms with Gasteiger partial charge in [0, 0.05) is 58.9 Å². The van der Waals surface area contributed by atoms with Gasteiger partial charge in [0.1, 0.15) is 31.3 Å². The van der Waals surface area contributed by atoms with Crippen LogP contribution >= 0.6 is 108 Å². The van der Waals surface area contributed by atoms with E-state index in [9.17, 15) is 81.3 Å². The summed E-state index contributed by atoms with van der Waals surface area (Å²) in [6.07, 6.45) is 1.63. The third-order valence-electron chi connectivity index (χ3n) is 22.6. The largest absolute Gasteiger partial charge is 0.497 e. The van der Waals surface area contributed by atoms with Crippen molar-refractivity contribution in [3.8, 4) is 17.6 Å². The van der Waals surface area contributed by atoms with E-state index in [1.54, 1.807) is 143 Å². The molecule has 0 fully saturated rings. The minimum Gasteiger partial charge on any atom is -0.497 e. The number of thiophene rings is 2. The van der Waals surface area contributed by atoms with Gasteiger partial charge in [0.25, 0.3) is 20.0 Å². The number of benzene rings is 11. The summed E-state index contributed by atoms with van der Waals surface area (Å²) in [5.41, 5.74) is 5.95. The van der Waals surface area contributed by atoms with Crippen molar-refractivity contribution in [2.45, 2.75) is 152 Å². The Balaban J connectivity index is 0.000000252. The van der Waals surface area contributed by atoms with Crippen LogP contribution in [-0.2, 0) is 97.1 Å². The highest BCUT2D eigenvalue weighted by Crippen LogP contribution is 2.40. The van der Waals surface area contributed by atoms with Gasteiger partial charge in [-0.05, 0) is 231 Å². The molecule has 28 nitrogen and oxygen atoms in total. The second-order valence-electron chi connectivity index (χ2n) is 33.4. The van der Waals surface area contributed by atoms with Crippen LogP contribution in [0.3, 0.4) is 0 Å². The molecule has 798 valence electrons. The molecule has 4 N–H and O–H groups in total. The van der Waals surface area contributed by atoms with Crippen LogP contribution < -0.4 is 9.47 Å². The number of aliphatic hydroxyl groups excluding tert-OH is 4. The number of hydrogen-bond donors (Lipinski definition) is 4. The van der Waals surface area contributed by atoms with Gasteiger partial charge in [-0.15, -0.1) is 22.7 Å². The van der Waals surface area contributed by atoms with Gasteiger partial charge in [0.2, 0.25) is 30.1 Å². The number of hydrogen-bond acceptors (Lipinski definition) is 25. The third-order valence-corrected chi connectivity index (χ3v) is 36.1. The lowest BCUT2D eigenvalue weighted by Gasteiger charge is -2.31. The average Bonchev–Trinajstić information content (AvgIpc) is 1.83. The predicted octanol–water partition coefficient (Wildman–Crippen LogP) is 21.7. The van der Waals surface area contributed by atoms with Crippen molar-refractivity contribution in [1.82, 2.24) is 21.5 Å². The van der Waals surface area contributed by atoms with Crippen molar-refractivity contribution in [3.05, 3.63) is 394 Å². The normalized spacial score (nSPS) is 12.3. The Hall–Kier alpha value is -10.2. The molecule has 0 radical (unpaired) electrons. The summed E-state index contributed by atoms with van der Waals surface area (Å²) in [6.45, 7) is 8.87. The zero-order chi connectivity index (χ0) is 108. The smallest absolute Gasteiger partial charge is 0.338 e. The molecule has 0 spiro atoms. The fraction of sp³-hybridized carbons (Fsp3) is 0.264. The first kappa shape index (κ1) is 126. The van der Waals surface area contributed by atoms with Gasteiger partial charge in [-0.1, -0.05) is 218 Å². The van der Waals surface area contributed by atoms with Crippen molar-refractivity contribution in [2.75, 3.05) is 54.9 Å². The molecule has 11 aromatic carbocycles. The van der Waals surface area contributed by atoms with Crippen molar-refractivity contribution in [1.29, 1.82) is 5.26 Å². The maximum atomic E-state index is 14.6. The SMILES string of the molecule is CC(C)(C)OC(=O)c1ccc(CN(C(CO)CO)S(=O)(=O)c2ccc(Cl)s2)cc1.CCC(c1ccccc1)N(Cc1ccc(C#N)cc1F)S(=O)(=O)c1ccc(Cl)cc1.CC[C@@H](c1ccccc1)N(Cc1ccc(C(=O)OC)cc1OC)S(=O)(=O)c1ccc(Cl)cc1.CC[C@@H](c1ccccc1)N(Cc1cccc(C(=O)OC)c1)S(=O)(=O)c1ccc(Cl)cc1.COc1ccc(CN(C(CO)CO)S(=O)(=O)c2ccc(Cl)s2)cc1.S.S. The van der Waals surface area contributed by atoms with Gasteiger partial charge in [0.15, 0.2) is 0 Å². The van der Waals surface area contributed by atoms with Crippen LogP contribution in [-0.4, -0.2) is 175 Å². The molecule has 43 heteroatoms. The second-order valence-corrected chi connectivity index (χ2v) is 48.1. The van der Waals surface area contributed by atoms with Crippen molar-refractivity contribution in [2.24, 2.45) is 0 Å². The van der Waals surface area contributed by atoms with Gasteiger partial charge in [-0.2, -0.15) is 53.8 Å². The van der Waals surface area contributed by atoms with E-state index >= 15 is 0 Å². The van der Waals surface area contributed by atoms with Crippen LogP contribution in [0.2, 0.25) is 23.7 Å². The summed E-state index contributed by atoms with van der Waals surface area (Å²) < 4.78 is 181. The number of methoxy groups -OCH3 is 4. The van der Waals surface area contributed by atoms with Crippen LogP contribution in [0.5, 0.6) is 11.5 Å². The number of nitriles is 1. The Morgan fingerprint density at radius 3 is 1.05 bits per heavy atom. The summed E-state index contributed by atoms with van der Waals surface area (Å²) in [5.74, 6) is -1.01. The van der Waals surface area contributed by atoms with Gasteiger partial charge >= 0.3 is 17.9 Å². The van der Waals surface area contributed by atoms with Crippen molar-refractivity contribution in [3.63, 3.8) is 0 Å². The Morgan fingerprint density at radius 2 is 0.725 bits per heavy atom. The summed E-state index contributed by atoms with van der Waals surface area (Å²) >= 11 is 31.4. The molecule has 0 saturated heterocycles. The van der Waals surface area contributed by atoms with E-state index in [1.807, 2.05) is 118 Å². The van der Waals surface area contributed by atoms with Gasteiger partial charge in [0.05, 0.1) is 137 Å². The molecular weight excluding hydrogens is 2190 g/mol. The molecule has 13 aromatic rings. The number of carbonyl (C=O) groups is 3. The minimum absolute atomic E-state index is 0. The van der Waals surface area contributed by atoms with E-state index in [1.165, 1.54) is 119 Å². The van der Waals surface area contributed by atoms with Crippen LogP contribution in [0.1, 0.15) is 160 Å². The van der Waals surface area contributed by atoms with Crippen molar-refractivity contribution < 1.29 is 105 Å². The zero-order valence-corrected chi connectivity index (χ0v) is 94.1. The molecule has 1 unspecified atom stereocenters. The van der Waals surface area contributed by atoms with Gasteiger partial charge < -0.3 is 44.1 Å². The molecule has 0 saturated carbocycles. The Bertz CT molecular complexity index is 7160. The molecule has 0 amide bonds. The Labute approximate surface area is 917 Å². The van der Waals surface area contributed by atoms with E-state index in [2.05, 4.69) is 0 Å². The topological polar surface area (TPSA) is 389 Å². The van der Waals surface area contributed by atoms with E-state index in [-0.39, 0.29) is 100.0 Å². The first-order valence-electron chi connectivity index (χ1n) is 45.5. The summed E-state index contributed by atoms with van der Waals surface area (Å²) in [6, 6.07) is 79.7. The summed E-state index contributed by atoms with van der Waals surface area (Å²) in [7, 11) is -14.0.